The van der Waals surface area contributed by atoms with Crippen LogP contribution < -0.4 is 0 Å². The highest BCUT2D eigenvalue weighted by molar-refractivity contribution is 9.09. The van der Waals surface area contributed by atoms with Gasteiger partial charge in [0.2, 0.25) is 0 Å². The van der Waals surface area contributed by atoms with E-state index in [4.69, 9.17) is 11.6 Å². The van der Waals surface area contributed by atoms with Crippen LogP contribution in [0.2, 0.25) is 5.02 Å². The predicted molar refractivity (Wildman–Crippen MR) is 59.3 cm³/mol. The average molecular weight is 316 g/mol. The van der Waals surface area contributed by atoms with Crippen LogP contribution in [0.5, 0.6) is 0 Å². The standard InChI is InChI=1S/C10H7BrClF3O/c1-5-2-3-6(12)9(10(13,14)15)8(5)7(16)4-11/h2-3H,4H2,1H3. The van der Waals surface area contributed by atoms with Gasteiger partial charge in [0, 0.05) is 5.56 Å². The Hall–Kier alpha value is -0.550. The number of alkyl halides is 4. The van der Waals surface area contributed by atoms with Crippen molar-refractivity contribution < 1.29 is 18.0 Å². The molecule has 0 unspecified atom stereocenters. The molecule has 1 aromatic carbocycles. The average Bonchev–Trinajstić information content (AvgIpc) is 2.18. The number of Topliss-reactive ketones (excluding diaryl/α,β-unsaturated/α-hetero) is 1. The smallest absolute Gasteiger partial charge is 0.293 e. The van der Waals surface area contributed by atoms with E-state index in [1.807, 2.05) is 0 Å². The number of rotatable bonds is 2. The molecule has 0 saturated carbocycles. The third kappa shape index (κ3) is 2.58. The Labute approximate surface area is 104 Å². The second-order valence-electron chi connectivity index (χ2n) is 3.17. The van der Waals surface area contributed by atoms with Crippen molar-refractivity contribution in [2.24, 2.45) is 0 Å². The van der Waals surface area contributed by atoms with Gasteiger partial charge in [-0.15, -0.1) is 0 Å². The SMILES string of the molecule is Cc1ccc(Cl)c(C(F)(F)F)c1C(=O)CBr. The molecule has 16 heavy (non-hydrogen) atoms. The Bertz CT molecular complexity index is 429. The molecule has 0 saturated heterocycles. The maximum Gasteiger partial charge on any atom is 0.418 e. The Morgan fingerprint density at radius 1 is 1.44 bits per heavy atom. The summed E-state index contributed by atoms with van der Waals surface area (Å²) in [5, 5.41) is -0.625. The van der Waals surface area contributed by atoms with Crippen molar-refractivity contribution in [3.63, 3.8) is 0 Å². The predicted octanol–water partition coefficient (Wildman–Crippen LogP) is 4.24. The van der Waals surface area contributed by atoms with E-state index in [0.29, 0.717) is 0 Å². The lowest BCUT2D eigenvalue weighted by Gasteiger charge is -2.15. The highest BCUT2D eigenvalue weighted by Crippen LogP contribution is 2.38. The van der Waals surface area contributed by atoms with Crippen LogP contribution in [-0.2, 0) is 6.18 Å². The van der Waals surface area contributed by atoms with E-state index in [-0.39, 0.29) is 16.5 Å². The minimum absolute atomic E-state index is 0.169. The van der Waals surface area contributed by atoms with Crippen LogP contribution in [0, 0.1) is 6.92 Å². The molecule has 0 atom stereocenters. The van der Waals surface area contributed by atoms with Gasteiger partial charge in [-0.2, -0.15) is 13.2 Å². The number of ketones is 1. The zero-order valence-electron chi connectivity index (χ0n) is 8.16. The zero-order chi connectivity index (χ0) is 12.5. The van der Waals surface area contributed by atoms with Gasteiger partial charge in [0.25, 0.3) is 0 Å². The summed E-state index contributed by atoms with van der Waals surface area (Å²) in [6.45, 7) is 1.45. The van der Waals surface area contributed by atoms with Crippen LogP contribution in [0.1, 0.15) is 21.5 Å². The van der Waals surface area contributed by atoms with Gasteiger partial charge in [-0.3, -0.25) is 4.79 Å². The lowest BCUT2D eigenvalue weighted by atomic mass is 9.98. The van der Waals surface area contributed by atoms with E-state index in [2.05, 4.69) is 15.9 Å². The molecule has 0 fully saturated rings. The molecule has 0 bridgehead atoms. The molecule has 0 amide bonds. The fourth-order valence-corrected chi connectivity index (χ4v) is 1.93. The van der Waals surface area contributed by atoms with Gasteiger partial charge in [-0.1, -0.05) is 33.6 Å². The van der Waals surface area contributed by atoms with Crippen molar-refractivity contribution in [2.75, 3.05) is 5.33 Å². The first-order chi connectivity index (χ1) is 7.29. The highest BCUT2D eigenvalue weighted by Gasteiger charge is 2.38. The van der Waals surface area contributed by atoms with E-state index in [0.717, 1.165) is 6.07 Å². The van der Waals surface area contributed by atoms with E-state index in [9.17, 15) is 18.0 Å². The largest absolute Gasteiger partial charge is 0.418 e. The lowest BCUT2D eigenvalue weighted by molar-refractivity contribution is -0.137. The topological polar surface area (TPSA) is 17.1 Å². The van der Waals surface area contributed by atoms with Crippen molar-refractivity contribution in [3.05, 3.63) is 33.8 Å². The van der Waals surface area contributed by atoms with Gasteiger partial charge >= 0.3 is 6.18 Å². The summed E-state index contributed by atoms with van der Waals surface area (Å²) >= 11 is 8.35. The van der Waals surface area contributed by atoms with E-state index in [1.54, 1.807) is 0 Å². The molecule has 0 radical (unpaired) electrons. The number of hydrogen-bond donors (Lipinski definition) is 0. The number of benzene rings is 1. The van der Waals surface area contributed by atoms with Gasteiger partial charge in [-0.25, -0.2) is 0 Å². The van der Waals surface area contributed by atoms with Crippen LogP contribution in [0.3, 0.4) is 0 Å². The molecule has 0 heterocycles. The quantitative estimate of drug-likeness (QED) is 0.589. The van der Waals surface area contributed by atoms with Crippen LogP contribution in [0.25, 0.3) is 0 Å². The van der Waals surface area contributed by atoms with Crippen LogP contribution in [0.4, 0.5) is 13.2 Å². The molecule has 0 aliphatic rings. The molecule has 6 heteroatoms. The number of carbonyl (C=O) groups is 1. The van der Waals surface area contributed by atoms with Crippen LogP contribution in [0.15, 0.2) is 12.1 Å². The number of aryl methyl sites for hydroxylation is 1. The Balaban J connectivity index is 3.56. The van der Waals surface area contributed by atoms with Gasteiger partial charge in [0.1, 0.15) is 0 Å². The molecule has 0 aliphatic heterocycles. The number of hydrogen-bond acceptors (Lipinski definition) is 1. The molecule has 1 aromatic rings. The summed E-state index contributed by atoms with van der Waals surface area (Å²) in [5.74, 6) is -0.632. The lowest BCUT2D eigenvalue weighted by Crippen LogP contribution is -2.16. The maximum absolute atomic E-state index is 12.7. The van der Waals surface area contributed by atoms with Gasteiger partial charge in [0.15, 0.2) is 5.78 Å². The first-order valence-electron chi connectivity index (χ1n) is 4.24. The minimum Gasteiger partial charge on any atom is -0.293 e. The zero-order valence-corrected chi connectivity index (χ0v) is 10.5. The van der Waals surface area contributed by atoms with Crippen molar-refractivity contribution in [1.82, 2.24) is 0 Å². The Morgan fingerprint density at radius 3 is 2.44 bits per heavy atom. The molecule has 88 valence electrons. The first-order valence-corrected chi connectivity index (χ1v) is 5.74. The van der Waals surface area contributed by atoms with Crippen LogP contribution >= 0.6 is 27.5 Å². The van der Waals surface area contributed by atoms with E-state index < -0.39 is 22.5 Å². The van der Waals surface area contributed by atoms with Crippen LogP contribution in [-0.4, -0.2) is 11.1 Å². The summed E-state index contributed by atoms with van der Waals surface area (Å²) < 4.78 is 38.2. The number of carbonyl (C=O) groups excluding carboxylic acids is 1. The summed E-state index contributed by atoms with van der Waals surface area (Å²) in [6.07, 6.45) is -4.63. The van der Waals surface area contributed by atoms with E-state index in [1.165, 1.54) is 13.0 Å². The second kappa shape index (κ2) is 4.75. The summed E-state index contributed by atoms with van der Waals surface area (Å²) in [7, 11) is 0. The first kappa shape index (κ1) is 13.5. The summed E-state index contributed by atoms with van der Waals surface area (Å²) in [5.41, 5.74) is -1.16. The van der Waals surface area contributed by atoms with Gasteiger partial charge in [0.05, 0.1) is 15.9 Å². The normalized spacial score (nSPS) is 11.6. The monoisotopic (exact) mass is 314 g/mol. The molecular formula is C10H7BrClF3O. The molecule has 0 spiro atoms. The van der Waals surface area contributed by atoms with Crippen molar-refractivity contribution >= 4 is 33.3 Å². The summed E-state index contributed by atoms with van der Waals surface area (Å²) in [4.78, 5) is 11.4. The third-order valence-corrected chi connectivity index (χ3v) is 2.87. The maximum atomic E-state index is 12.7. The fourth-order valence-electron chi connectivity index (χ4n) is 1.38. The highest BCUT2D eigenvalue weighted by atomic mass is 79.9. The van der Waals surface area contributed by atoms with Gasteiger partial charge in [-0.05, 0) is 18.6 Å². The van der Waals surface area contributed by atoms with E-state index >= 15 is 0 Å². The Morgan fingerprint density at radius 2 is 2.00 bits per heavy atom. The molecule has 0 N–H and O–H groups in total. The molecule has 1 rings (SSSR count). The van der Waals surface area contributed by atoms with Gasteiger partial charge < -0.3 is 0 Å². The number of halogens is 5. The second-order valence-corrected chi connectivity index (χ2v) is 4.14. The third-order valence-electron chi connectivity index (χ3n) is 2.05. The summed E-state index contributed by atoms with van der Waals surface area (Å²) in [6, 6.07) is 2.54. The molecule has 0 aromatic heterocycles. The molecule has 1 nitrogen and oxygen atoms in total. The minimum atomic E-state index is -4.63. The molecular weight excluding hydrogens is 308 g/mol. The van der Waals surface area contributed by atoms with Crippen molar-refractivity contribution in [3.8, 4) is 0 Å². The Kier molecular flexibility index (Phi) is 4.02. The molecule has 0 aliphatic carbocycles. The van der Waals surface area contributed by atoms with Crippen molar-refractivity contribution in [1.29, 1.82) is 0 Å². The fraction of sp³-hybridized carbons (Fsp3) is 0.300. The van der Waals surface area contributed by atoms with Crippen molar-refractivity contribution in [2.45, 2.75) is 13.1 Å².